The number of fused-ring (bicyclic) bond motifs is 7. The van der Waals surface area contributed by atoms with Crippen molar-refractivity contribution in [3.63, 3.8) is 0 Å². The normalized spacial score (nSPS) is 11.8. The summed E-state index contributed by atoms with van der Waals surface area (Å²) in [6.07, 6.45) is 3.58. The van der Waals surface area contributed by atoms with Crippen molar-refractivity contribution >= 4 is 43.9 Å². The van der Waals surface area contributed by atoms with Gasteiger partial charge >= 0.3 is 0 Å². The average molecular weight is 336 g/mol. The number of H-pyrrole nitrogens is 2. The number of nitrogens with one attached hydrogen (secondary N) is 2. The molecule has 0 amide bonds. The van der Waals surface area contributed by atoms with Crippen molar-refractivity contribution in [2.45, 2.75) is 0 Å². The summed E-state index contributed by atoms with van der Waals surface area (Å²) < 4.78 is 0. The summed E-state index contributed by atoms with van der Waals surface area (Å²) in [6, 6.07) is 15.9. The van der Waals surface area contributed by atoms with Gasteiger partial charge in [0.1, 0.15) is 0 Å². The summed E-state index contributed by atoms with van der Waals surface area (Å²) >= 11 is 0. The van der Waals surface area contributed by atoms with E-state index >= 15 is 0 Å². The first kappa shape index (κ1) is 13.5. The van der Waals surface area contributed by atoms with Gasteiger partial charge < -0.3 is 9.97 Å². The second-order valence-corrected chi connectivity index (χ2v) is 6.21. The number of aromatic nitrogens is 6. The van der Waals surface area contributed by atoms with Crippen molar-refractivity contribution in [1.29, 1.82) is 0 Å². The van der Waals surface area contributed by atoms with Gasteiger partial charge in [0.15, 0.2) is 11.6 Å². The van der Waals surface area contributed by atoms with Crippen LogP contribution in [0.5, 0.6) is 0 Å². The van der Waals surface area contributed by atoms with Crippen LogP contribution in [0.15, 0.2) is 60.9 Å². The smallest absolute Gasteiger partial charge is 0.174 e. The zero-order valence-electron chi connectivity index (χ0n) is 13.6. The Balaban J connectivity index is 1.74. The Morgan fingerprint density at radius 3 is 2.19 bits per heavy atom. The molecule has 0 aliphatic rings. The van der Waals surface area contributed by atoms with Crippen LogP contribution in [0.2, 0.25) is 0 Å². The van der Waals surface area contributed by atoms with E-state index in [-0.39, 0.29) is 0 Å². The van der Waals surface area contributed by atoms with Crippen molar-refractivity contribution in [3.05, 3.63) is 60.9 Å². The van der Waals surface area contributed by atoms with Crippen LogP contribution < -0.4 is 0 Å². The van der Waals surface area contributed by atoms with Gasteiger partial charge in [-0.3, -0.25) is 9.97 Å². The first-order valence-corrected chi connectivity index (χ1v) is 8.35. The molecule has 0 saturated heterocycles. The van der Waals surface area contributed by atoms with Gasteiger partial charge in [-0.05, 0) is 36.4 Å². The SMILES string of the molecule is c1ccc2[nH]c(-c3nc4c5cccnc5c5ncccc5c4[nH]3)nc2c1. The van der Waals surface area contributed by atoms with Crippen LogP contribution in [0, 0.1) is 0 Å². The predicted molar refractivity (Wildman–Crippen MR) is 102 cm³/mol. The Hall–Kier alpha value is -3.80. The van der Waals surface area contributed by atoms with E-state index in [9.17, 15) is 0 Å². The number of benzene rings is 2. The van der Waals surface area contributed by atoms with Crippen molar-refractivity contribution in [2.75, 3.05) is 0 Å². The van der Waals surface area contributed by atoms with Crippen molar-refractivity contribution in [2.24, 2.45) is 0 Å². The Morgan fingerprint density at radius 2 is 1.35 bits per heavy atom. The monoisotopic (exact) mass is 336 g/mol. The molecule has 0 aliphatic heterocycles. The molecule has 0 aliphatic carbocycles. The third-order valence-corrected chi connectivity index (χ3v) is 4.68. The number of hydrogen-bond donors (Lipinski definition) is 2. The van der Waals surface area contributed by atoms with Crippen molar-refractivity contribution < 1.29 is 0 Å². The molecule has 0 atom stereocenters. The molecule has 26 heavy (non-hydrogen) atoms. The molecule has 0 unspecified atom stereocenters. The summed E-state index contributed by atoms with van der Waals surface area (Å²) in [5, 5.41) is 1.98. The van der Waals surface area contributed by atoms with Gasteiger partial charge in [-0.2, -0.15) is 0 Å². The van der Waals surface area contributed by atoms with Gasteiger partial charge in [0.05, 0.1) is 33.1 Å². The topological polar surface area (TPSA) is 83.1 Å². The molecule has 0 fully saturated rings. The molecular formula is C20H12N6. The fraction of sp³-hybridized carbons (Fsp3) is 0. The minimum atomic E-state index is 0.706. The molecule has 6 nitrogen and oxygen atoms in total. The van der Waals surface area contributed by atoms with Crippen LogP contribution in [0.25, 0.3) is 55.5 Å². The first-order chi connectivity index (χ1) is 12.9. The van der Waals surface area contributed by atoms with Crippen LogP contribution in [0.3, 0.4) is 0 Å². The van der Waals surface area contributed by atoms with Gasteiger partial charge in [-0.25, -0.2) is 9.97 Å². The number of aromatic amines is 2. The molecule has 0 spiro atoms. The van der Waals surface area contributed by atoms with Crippen LogP contribution in [-0.2, 0) is 0 Å². The molecule has 4 aromatic heterocycles. The fourth-order valence-electron chi connectivity index (χ4n) is 3.52. The van der Waals surface area contributed by atoms with E-state index in [1.165, 1.54) is 0 Å². The van der Waals surface area contributed by atoms with Gasteiger partial charge in [-0.1, -0.05) is 12.1 Å². The summed E-state index contributed by atoms with van der Waals surface area (Å²) in [6.45, 7) is 0. The van der Waals surface area contributed by atoms with Crippen LogP contribution >= 0.6 is 0 Å². The quantitative estimate of drug-likeness (QED) is 0.441. The largest absolute Gasteiger partial charge is 0.335 e. The maximum Gasteiger partial charge on any atom is 0.174 e. The molecule has 0 radical (unpaired) electrons. The van der Waals surface area contributed by atoms with Gasteiger partial charge in [-0.15, -0.1) is 0 Å². The second kappa shape index (κ2) is 4.86. The molecule has 2 N–H and O–H groups in total. The lowest BCUT2D eigenvalue weighted by Crippen LogP contribution is -1.86. The van der Waals surface area contributed by atoms with Crippen LogP contribution in [0.4, 0.5) is 0 Å². The Kier molecular flexibility index (Phi) is 2.52. The number of imidazole rings is 2. The summed E-state index contributed by atoms with van der Waals surface area (Å²) in [5.41, 5.74) is 5.46. The maximum atomic E-state index is 4.84. The number of nitrogens with zero attached hydrogens (tertiary/aromatic N) is 4. The summed E-state index contributed by atoms with van der Waals surface area (Å²) in [5.74, 6) is 1.43. The third kappa shape index (κ3) is 1.75. The number of para-hydroxylation sites is 2. The van der Waals surface area contributed by atoms with E-state index in [1.807, 2.05) is 48.5 Å². The highest BCUT2D eigenvalue weighted by Gasteiger charge is 2.16. The van der Waals surface area contributed by atoms with Gasteiger partial charge in [0.2, 0.25) is 0 Å². The van der Waals surface area contributed by atoms with E-state index in [1.54, 1.807) is 12.4 Å². The van der Waals surface area contributed by atoms with Gasteiger partial charge in [0.25, 0.3) is 0 Å². The summed E-state index contributed by atoms with van der Waals surface area (Å²) in [7, 11) is 0. The molecule has 122 valence electrons. The lowest BCUT2D eigenvalue weighted by Gasteiger charge is -2.03. The summed E-state index contributed by atoms with van der Waals surface area (Å²) in [4.78, 5) is 25.3. The number of hydrogen-bond acceptors (Lipinski definition) is 4. The zero-order chi connectivity index (χ0) is 17.1. The average Bonchev–Trinajstić information content (AvgIpc) is 3.33. The number of rotatable bonds is 1. The van der Waals surface area contributed by atoms with E-state index in [0.717, 1.165) is 49.7 Å². The highest BCUT2D eigenvalue weighted by molar-refractivity contribution is 6.20. The minimum absolute atomic E-state index is 0.706. The molecule has 0 saturated carbocycles. The lowest BCUT2D eigenvalue weighted by molar-refractivity contribution is 1.23. The van der Waals surface area contributed by atoms with Crippen LogP contribution in [-0.4, -0.2) is 29.9 Å². The Labute approximate surface area is 147 Å². The van der Waals surface area contributed by atoms with E-state index < -0.39 is 0 Å². The highest BCUT2D eigenvalue weighted by atomic mass is 15.0. The van der Waals surface area contributed by atoms with Gasteiger partial charge in [0, 0.05) is 23.2 Å². The van der Waals surface area contributed by atoms with Crippen molar-refractivity contribution in [3.8, 4) is 11.6 Å². The second-order valence-electron chi connectivity index (χ2n) is 6.21. The standard InChI is InChI=1S/C20H12N6/c1-2-8-14-13(7-1)23-19(24-14)20-25-17-11-5-3-9-21-15(11)16-12(18(17)26-20)6-4-10-22-16/h1-10H,(H,23,24)(H,25,26). The molecule has 0 bridgehead atoms. The van der Waals surface area contributed by atoms with Crippen molar-refractivity contribution in [1.82, 2.24) is 29.9 Å². The Bertz CT molecular complexity index is 1340. The highest BCUT2D eigenvalue weighted by Crippen LogP contribution is 2.32. The molecular weight excluding hydrogens is 324 g/mol. The third-order valence-electron chi connectivity index (χ3n) is 4.68. The molecule has 4 heterocycles. The zero-order valence-corrected chi connectivity index (χ0v) is 13.6. The van der Waals surface area contributed by atoms with Crippen LogP contribution in [0.1, 0.15) is 0 Å². The fourth-order valence-corrected chi connectivity index (χ4v) is 3.52. The van der Waals surface area contributed by atoms with E-state index in [4.69, 9.17) is 4.98 Å². The molecule has 6 aromatic rings. The number of pyridine rings is 2. The van der Waals surface area contributed by atoms with E-state index in [2.05, 4.69) is 24.9 Å². The molecule has 6 heteroatoms. The predicted octanol–water partition coefficient (Wildman–Crippen LogP) is 4.20. The lowest BCUT2D eigenvalue weighted by atomic mass is 10.1. The molecule has 2 aromatic carbocycles. The Morgan fingerprint density at radius 1 is 0.615 bits per heavy atom. The maximum absolute atomic E-state index is 4.84. The molecule has 6 rings (SSSR count). The van der Waals surface area contributed by atoms with E-state index in [0.29, 0.717) is 5.82 Å². The minimum Gasteiger partial charge on any atom is -0.335 e. The first-order valence-electron chi connectivity index (χ1n) is 8.35.